The van der Waals surface area contributed by atoms with Crippen LogP contribution < -0.4 is 4.90 Å². The maximum Gasteiger partial charge on any atom is 0.290 e. The molecule has 0 aromatic heterocycles. The van der Waals surface area contributed by atoms with Gasteiger partial charge in [0.2, 0.25) is 0 Å². The Hall–Kier alpha value is -2.11. The van der Waals surface area contributed by atoms with Crippen LogP contribution in [0.15, 0.2) is 60.4 Å². The summed E-state index contributed by atoms with van der Waals surface area (Å²) < 4.78 is 5.82. The number of halogens is 1. The molecule has 1 amide bonds. The minimum atomic E-state index is -0.00760. The van der Waals surface area contributed by atoms with Gasteiger partial charge in [-0.3, -0.25) is 4.79 Å². The van der Waals surface area contributed by atoms with Crippen molar-refractivity contribution in [1.82, 2.24) is 4.90 Å². The summed E-state index contributed by atoms with van der Waals surface area (Å²) in [5, 5.41) is 0.733. The molecule has 0 saturated carbocycles. The molecule has 27 heavy (non-hydrogen) atoms. The van der Waals surface area contributed by atoms with Crippen LogP contribution in [0.25, 0.3) is 4.91 Å². The number of thioether (sulfide) groups is 1. The highest BCUT2D eigenvalue weighted by atomic mass is 35.5. The van der Waals surface area contributed by atoms with Crippen LogP contribution in [-0.4, -0.2) is 49.3 Å². The maximum absolute atomic E-state index is 13.1. The summed E-state index contributed by atoms with van der Waals surface area (Å²) in [5.74, 6) is 1.35. The van der Waals surface area contributed by atoms with E-state index in [1.54, 1.807) is 11.8 Å². The molecular weight excluding hydrogens is 380 g/mol. The third kappa shape index (κ3) is 4.09. The Labute approximate surface area is 168 Å². The van der Waals surface area contributed by atoms with Crippen molar-refractivity contribution in [3.8, 4) is 0 Å². The molecule has 4 nitrogen and oxygen atoms in total. The molecule has 2 aromatic carbocycles. The topological polar surface area (TPSA) is 32.8 Å². The summed E-state index contributed by atoms with van der Waals surface area (Å²) in [4.78, 5) is 18.2. The first kappa shape index (κ1) is 18.3. The number of hydrogen-bond acceptors (Lipinski definition) is 4. The highest BCUT2D eigenvalue weighted by Gasteiger charge is 2.29. The predicted octanol–water partition coefficient (Wildman–Crippen LogP) is 4.12. The van der Waals surface area contributed by atoms with Gasteiger partial charge in [-0.2, -0.15) is 0 Å². The minimum absolute atomic E-state index is 0.00760. The normalized spacial score (nSPS) is 17.7. The van der Waals surface area contributed by atoms with Gasteiger partial charge < -0.3 is 14.5 Å². The Kier molecular flexibility index (Phi) is 5.60. The Morgan fingerprint density at radius 2 is 1.78 bits per heavy atom. The number of ether oxygens (including phenoxy) is 1. The summed E-state index contributed by atoms with van der Waals surface area (Å²) in [5.41, 5.74) is 2.14. The van der Waals surface area contributed by atoms with Crippen LogP contribution in [0.5, 0.6) is 0 Å². The lowest BCUT2D eigenvalue weighted by Gasteiger charge is -2.37. The third-order valence-electron chi connectivity index (χ3n) is 4.75. The monoisotopic (exact) mass is 400 g/mol. The minimum Gasteiger partial charge on any atom is -0.486 e. The van der Waals surface area contributed by atoms with Crippen LogP contribution in [0.2, 0.25) is 5.02 Å². The van der Waals surface area contributed by atoms with E-state index in [1.165, 1.54) is 0 Å². The lowest BCUT2D eigenvalue weighted by Crippen LogP contribution is -2.49. The quantitative estimate of drug-likeness (QED) is 0.775. The Balaban J connectivity index is 1.49. The molecule has 4 rings (SSSR count). The number of rotatable bonds is 3. The summed E-state index contributed by atoms with van der Waals surface area (Å²) in [7, 11) is 0. The summed E-state index contributed by atoms with van der Waals surface area (Å²) >= 11 is 7.80. The summed E-state index contributed by atoms with van der Waals surface area (Å²) in [6.45, 7) is 3.49. The van der Waals surface area contributed by atoms with Gasteiger partial charge in [0.15, 0.2) is 5.76 Å². The van der Waals surface area contributed by atoms with E-state index in [1.807, 2.05) is 53.4 Å². The van der Waals surface area contributed by atoms with E-state index in [4.69, 9.17) is 16.3 Å². The first-order chi connectivity index (χ1) is 13.2. The van der Waals surface area contributed by atoms with Crippen molar-refractivity contribution < 1.29 is 9.53 Å². The number of nitrogens with zero attached hydrogens (tertiary/aromatic N) is 2. The van der Waals surface area contributed by atoms with Crippen molar-refractivity contribution in [3.05, 3.63) is 70.9 Å². The second-order valence-electron chi connectivity index (χ2n) is 6.48. The van der Waals surface area contributed by atoms with E-state index >= 15 is 0 Å². The lowest BCUT2D eigenvalue weighted by atomic mass is 10.1. The molecule has 2 aliphatic heterocycles. The van der Waals surface area contributed by atoms with Crippen molar-refractivity contribution in [2.45, 2.75) is 0 Å². The number of hydrogen-bond donors (Lipinski definition) is 0. The molecular formula is C21H21ClN2O2S. The van der Waals surface area contributed by atoms with E-state index < -0.39 is 0 Å². The van der Waals surface area contributed by atoms with Gasteiger partial charge in [0.1, 0.15) is 0 Å². The van der Waals surface area contributed by atoms with Crippen molar-refractivity contribution >= 4 is 39.9 Å². The zero-order chi connectivity index (χ0) is 18.6. The molecule has 0 atom stereocenters. The molecule has 0 aliphatic carbocycles. The zero-order valence-electron chi connectivity index (χ0n) is 14.9. The van der Waals surface area contributed by atoms with E-state index in [2.05, 4.69) is 11.0 Å². The molecule has 2 aliphatic rings. The van der Waals surface area contributed by atoms with Gasteiger partial charge in [-0.25, -0.2) is 0 Å². The Bertz CT molecular complexity index is 848. The van der Waals surface area contributed by atoms with Gasteiger partial charge >= 0.3 is 0 Å². The molecule has 6 heteroatoms. The van der Waals surface area contributed by atoms with Gasteiger partial charge in [-0.15, -0.1) is 11.8 Å². The van der Waals surface area contributed by atoms with Gasteiger partial charge in [0.25, 0.3) is 5.91 Å². The molecule has 0 radical (unpaired) electrons. The van der Waals surface area contributed by atoms with Crippen LogP contribution in [0.4, 0.5) is 5.69 Å². The molecule has 1 saturated heterocycles. The first-order valence-electron chi connectivity index (χ1n) is 9.07. The standard InChI is InChI=1S/C21H21ClN2O2S/c22-17-7-4-8-18(15-17)23-9-11-24(12-10-23)21(25)19-20(27-14-13-26-19)16-5-2-1-3-6-16/h1-8,15H,9-14H2. The fourth-order valence-corrected chi connectivity index (χ4v) is 4.50. The van der Waals surface area contributed by atoms with Gasteiger partial charge in [-0.05, 0) is 23.8 Å². The Morgan fingerprint density at radius 3 is 2.52 bits per heavy atom. The van der Waals surface area contributed by atoms with Crippen LogP contribution >= 0.6 is 23.4 Å². The van der Waals surface area contributed by atoms with Gasteiger partial charge in [0.05, 0.1) is 11.5 Å². The molecule has 0 N–H and O–H groups in total. The van der Waals surface area contributed by atoms with Gasteiger partial charge in [0, 0.05) is 42.6 Å². The number of amides is 1. The van der Waals surface area contributed by atoms with E-state index in [-0.39, 0.29) is 5.91 Å². The predicted molar refractivity (Wildman–Crippen MR) is 112 cm³/mol. The fourth-order valence-electron chi connectivity index (χ4n) is 3.37. The largest absolute Gasteiger partial charge is 0.486 e. The maximum atomic E-state index is 13.1. The number of piperazine rings is 1. The molecule has 1 fully saturated rings. The first-order valence-corrected chi connectivity index (χ1v) is 10.4. The molecule has 2 aromatic rings. The van der Waals surface area contributed by atoms with Gasteiger partial charge in [-0.1, -0.05) is 48.0 Å². The third-order valence-corrected chi connectivity index (χ3v) is 6.07. The van der Waals surface area contributed by atoms with Crippen LogP contribution in [0.1, 0.15) is 5.56 Å². The van der Waals surface area contributed by atoms with Crippen LogP contribution in [-0.2, 0) is 9.53 Å². The highest BCUT2D eigenvalue weighted by molar-refractivity contribution is 8.08. The lowest BCUT2D eigenvalue weighted by molar-refractivity contribution is -0.131. The second kappa shape index (κ2) is 8.28. The average molecular weight is 401 g/mol. The van der Waals surface area contributed by atoms with Crippen molar-refractivity contribution in [2.24, 2.45) is 0 Å². The van der Waals surface area contributed by atoms with Crippen LogP contribution in [0.3, 0.4) is 0 Å². The Morgan fingerprint density at radius 1 is 1.00 bits per heavy atom. The fraction of sp³-hybridized carbons (Fsp3) is 0.286. The molecule has 140 valence electrons. The molecule has 2 heterocycles. The summed E-state index contributed by atoms with van der Waals surface area (Å²) in [6, 6.07) is 17.9. The van der Waals surface area contributed by atoms with Crippen molar-refractivity contribution in [1.29, 1.82) is 0 Å². The smallest absolute Gasteiger partial charge is 0.290 e. The molecule has 0 unspecified atom stereocenters. The molecule has 0 spiro atoms. The van der Waals surface area contributed by atoms with Crippen molar-refractivity contribution in [2.75, 3.05) is 43.4 Å². The number of carbonyl (C=O) groups excluding carboxylic acids is 1. The number of carbonyl (C=O) groups is 1. The van der Waals surface area contributed by atoms with E-state index in [0.717, 1.165) is 40.0 Å². The van der Waals surface area contributed by atoms with E-state index in [9.17, 15) is 4.79 Å². The summed E-state index contributed by atoms with van der Waals surface area (Å²) in [6.07, 6.45) is 0. The van der Waals surface area contributed by atoms with Crippen molar-refractivity contribution in [3.63, 3.8) is 0 Å². The molecule has 0 bridgehead atoms. The van der Waals surface area contributed by atoms with Crippen LogP contribution in [0, 0.1) is 0 Å². The second-order valence-corrected chi connectivity index (χ2v) is 8.02. The SMILES string of the molecule is O=C(C1=C(c2ccccc2)SCCO1)N1CCN(c2cccc(Cl)c2)CC1. The van der Waals surface area contributed by atoms with E-state index in [0.29, 0.717) is 25.5 Å². The average Bonchev–Trinajstić information content (AvgIpc) is 2.74. The number of benzene rings is 2. The highest BCUT2D eigenvalue weighted by Crippen LogP contribution is 2.35. The number of anilines is 1. The zero-order valence-corrected chi connectivity index (χ0v) is 16.5.